The lowest BCUT2D eigenvalue weighted by molar-refractivity contribution is -0.160. The quantitative estimate of drug-likeness (QED) is 0.263. The van der Waals surface area contributed by atoms with E-state index in [1.165, 1.54) is 11.0 Å². The molecule has 0 radical (unpaired) electrons. The number of phenolic OH excluding ortho intramolecular Hbond substituents is 1. The molecule has 0 spiro atoms. The number of amides is 2. The summed E-state index contributed by atoms with van der Waals surface area (Å²) < 4.78 is 88.9. The van der Waals surface area contributed by atoms with Gasteiger partial charge in [0.15, 0.2) is 0 Å². The molecule has 5 rings (SSSR count). The van der Waals surface area contributed by atoms with Crippen molar-refractivity contribution in [2.24, 2.45) is 0 Å². The molecule has 2 amide bonds. The summed E-state index contributed by atoms with van der Waals surface area (Å²) in [5.74, 6) is -2.01. The molecule has 3 aromatic rings. The lowest BCUT2D eigenvalue weighted by Crippen LogP contribution is -2.68. The molecule has 1 N–H and O–H groups in total. The molecule has 1 aromatic carbocycles. The first-order valence-corrected chi connectivity index (χ1v) is 16.2. The van der Waals surface area contributed by atoms with Gasteiger partial charge in [0.05, 0.1) is 28.7 Å². The number of likely N-dealkylation sites (tertiary alicyclic amines) is 2. The zero-order chi connectivity index (χ0) is 34.9. The van der Waals surface area contributed by atoms with Gasteiger partial charge in [-0.05, 0) is 37.8 Å². The number of hydrogen-bond donors (Lipinski definition) is 1. The van der Waals surface area contributed by atoms with E-state index in [9.17, 15) is 46.3 Å². The van der Waals surface area contributed by atoms with E-state index in [4.69, 9.17) is 4.74 Å². The zero-order valence-electron chi connectivity index (χ0n) is 25.8. The Morgan fingerprint density at radius 3 is 2.40 bits per heavy atom. The van der Waals surface area contributed by atoms with Crippen LogP contribution < -0.4 is 4.74 Å². The topological polar surface area (TPSA) is 107 Å². The summed E-state index contributed by atoms with van der Waals surface area (Å²) in [4.78, 5) is 34.0. The van der Waals surface area contributed by atoms with E-state index in [0.29, 0.717) is 29.4 Å². The second-order valence-electron chi connectivity index (χ2n) is 12.0. The first-order chi connectivity index (χ1) is 22.7. The molecule has 48 heavy (non-hydrogen) atoms. The van der Waals surface area contributed by atoms with Crippen LogP contribution in [0.5, 0.6) is 11.5 Å². The van der Waals surface area contributed by atoms with Crippen molar-refractivity contribution in [2.45, 2.75) is 74.9 Å². The minimum atomic E-state index is -4.88. The van der Waals surface area contributed by atoms with Gasteiger partial charge >= 0.3 is 12.4 Å². The van der Waals surface area contributed by atoms with Crippen molar-refractivity contribution in [3.63, 3.8) is 0 Å². The van der Waals surface area contributed by atoms with Gasteiger partial charge in [-0.15, -0.1) is 11.3 Å². The number of nitriles is 1. The van der Waals surface area contributed by atoms with Gasteiger partial charge in [-0.2, -0.15) is 31.6 Å². The summed E-state index contributed by atoms with van der Waals surface area (Å²) in [6.07, 6.45) is -7.10. The number of benzene rings is 1. The largest absolute Gasteiger partial charge is 0.508 e. The van der Waals surface area contributed by atoms with Crippen LogP contribution in [0.2, 0.25) is 0 Å². The number of carbonyl (C=O) groups is 2. The van der Waals surface area contributed by atoms with Crippen LogP contribution in [0.1, 0.15) is 71.8 Å². The number of pyridine rings is 1. The number of aromatic nitrogens is 1. The molecule has 2 aliphatic rings. The Morgan fingerprint density at radius 2 is 1.79 bits per heavy atom. The molecule has 256 valence electrons. The van der Waals surface area contributed by atoms with Crippen molar-refractivity contribution in [2.75, 3.05) is 19.6 Å². The second-order valence-corrected chi connectivity index (χ2v) is 12.9. The van der Waals surface area contributed by atoms with Gasteiger partial charge in [0, 0.05) is 55.5 Å². The Bertz CT molecular complexity index is 1700. The highest BCUT2D eigenvalue weighted by molar-refractivity contribution is 7.10. The van der Waals surface area contributed by atoms with Gasteiger partial charge in [0.2, 0.25) is 5.60 Å². The van der Waals surface area contributed by atoms with Crippen molar-refractivity contribution in [3.05, 3.63) is 75.7 Å². The molecule has 0 saturated carbocycles. The monoisotopic (exact) mass is 694 g/mol. The smallest absolute Gasteiger partial charge is 0.425 e. The van der Waals surface area contributed by atoms with Crippen LogP contribution in [-0.2, 0) is 22.6 Å². The van der Waals surface area contributed by atoms with E-state index in [1.807, 2.05) is 0 Å². The zero-order valence-corrected chi connectivity index (χ0v) is 26.6. The SMILES string of the molecule is CCC[C@H]1N(C(=O)c2cnccc2C(F)(F)F)CCC[C@]1(Oc1csc(C(F)(F)F)c1)C(=O)N1CCC(C#N)(c2ccccc2O)CC1. The number of piperidine rings is 2. The number of rotatable bonds is 7. The number of para-hydroxylation sites is 1. The summed E-state index contributed by atoms with van der Waals surface area (Å²) in [5, 5.41) is 21.8. The minimum Gasteiger partial charge on any atom is -0.508 e. The minimum absolute atomic E-state index is 0.0108. The van der Waals surface area contributed by atoms with E-state index < -0.39 is 57.2 Å². The van der Waals surface area contributed by atoms with Crippen LogP contribution in [0.4, 0.5) is 26.3 Å². The molecular formula is C33H32F6N4O4S. The van der Waals surface area contributed by atoms with E-state index in [1.54, 1.807) is 25.1 Å². The number of thiophene rings is 1. The van der Waals surface area contributed by atoms with Crippen LogP contribution in [-0.4, -0.2) is 63.0 Å². The van der Waals surface area contributed by atoms with Crippen LogP contribution in [0, 0.1) is 11.3 Å². The number of carbonyl (C=O) groups excluding carboxylic acids is 2. The van der Waals surface area contributed by atoms with Gasteiger partial charge in [-0.1, -0.05) is 31.5 Å². The number of nitrogens with zero attached hydrogens (tertiary/aromatic N) is 4. The average molecular weight is 695 g/mol. The van der Waals surface area contributed by atoms with Crippen LogP contribution in [0.25, 0.3) is 0 Å². The number of phenols is 1. The summed E-state index contributed by atoms with van der Waals surface area (Å²) in [7, 11) is 0. The molecule has 0 bridgehead atoms. The van der Waals surface area contributed by atoms with Crippen LogP contribution in [0.15, 0.2) is 54.2 Å². The lowest BCUT2D eigenvalue weighted by Gasteiger charge is -2.51. The Kier molecular flexibility index (Phi) is 9.69. The normalized spacial score (nSPS) is 21.4. The third kappa shape index (κ3) is 6.54. The van der Waals surface area contributed by atoms with Gasteiger partial charge in [-0.3, -0.25) is 14.6 Å². The van der Waals surface area contributed by atoms with Crippen molar-refractivity contribution in [1.82, 2.24) is 14.8 Å². The molecule has 8 nitrogen and oxygen atoms in total. The highest BCUT2D eigenvalue weighted by atomic mass is 32.1. The Hall–Kier alpha value is -4.32. The number of alkyl halides is 6. The molecule has 2 atom stereocenters. The summed E-state index contributed by atoms with van der Waals surface area (Å²) in [6, 6.07) is 8.96. The fourth-order valence-electron chi connectivity index (χ4n) is 6.78. The number of ether oxygens (including phenoxy) is 1. The highest BCUT2D eigenvalue weighted by Gasteiger charge is 2.56. The molecule has 2 aromatic heterocycles. The Labute approximate surface area is 276 Å². The van der Waals surface area contributed by atoms with Crippen molar-refractivity contribution in [3.8, 4) is 17.6 Å². The first-order valence-electron chi connectivity index (χ1n) is 15.3. The molecule has 4 heterocycles. The molecule has 2 aliphatic heterocycles. The maximum atomic E-state index is 14.7. The molecule has 2 saturated heterocycles. The summed E-state index contributed by atoms with van der Waals surface area (Å²) >= 11 is 0.368. The fourth-order valence-corrected chi connectivity index (χ4v) is 7.46. The van der Waals surface area contributed by atoms with Crippen molar-refractivity contribution < 1.29 is 45.8 Å². The molecule has 2 fully saturated rings. The predicted molar refractivity (Wildman–Crippen MR) is 162 cm³/mol. The van der Waals surface area contributed by atoms with Gasteiger partial charge in [0.1, 0.15) is 16.4 Å². The van der Waals surface area contributed by atoms with E-state index in [2.05, 4.69) is 11.1 Å². The number of hydrogen-bond acceptors (Lipinski definition) is 7. The average Bonchev–Trinajstić information content (AvgIpc) is 3.54. The highest BCUT2D eigenvalue weighted by Crippen LogP contribution is 2.45. The predicted octanol–water partition coefficient (Wildman–Crippen LogP) is 7.19. The molecular weight excluding hydrogens is 662 g/mol. The third-order valence-corrected chi connectivity index (χ3v) is 10.0. The van der Waals surface area contributed by atoms with Crippen molar-refractivity contribution in [1.29, 1.82) is 5.26 Å². The maximum absolute atomic E-state index is 14.7. The molecule has 0 aliphatic carbocycles. The standard InChI is InChI=1S/C33H32F6N4O4S/c1-2-6-26-31(47-21-17-27(48-19-21)33(37,38)39,10-5-14-43(26)28(45)22-18-41-13-9-23(22)32(34,35)36)29(46)42-15-11-30(20-40,12-16-42)24-7-3-4-8-25(24)44/h3-4,7-9,13,17-19,26,44H,2,5-6,10-12,14-16H2,1H3/t26-,31-/m1/s1. The first kappa shape index (κ1) is 35.0. The number of halogens is 6. The third-order valence-electron chi connectivity index (χ3n) is 9.10. The fraction of sp³-hybridized carbons (Fsp3) is 0.455. The lowest BCUT2D eigenvalue weighted by atomic mass is 9.73. The molecule has 15 heteroatoms. The summed E-state index contributed by atoms with van der Waals surface area (Å²) in [6.45, 7) is 1.74. The second kappa shape index (κ2) is 13.3. The van der Waals surface area contributed by atoms with Crippen LogP contribution in [0.3, 0.4) is 0 Å². The van der Waals surface area contributed by atoms with Crippen molar-refractivity contribution >= 4 is 23.2 Å². The Balaban J connectivity index is 1.55. The molecule has 0 unspecified atom stereocenters. The summed E-state index contributed by atoms with van der Waals surface area (Å²) in [5.41, 5.74) is -4.61. The number of aromatic hydroxyl groups is 1. The van der Waals surface area contributed by atoms with Gasteiger partial charge in [-0.25, -0.2) is 0 Å². The van der Waals surface area contributed by atoms with E-state index in [0.717, 1.165) is 28.7 Å². The van der Waals surface area contributed by atoms with Crippen LogP contribution >= 0.6 is 11.3 Å². The maximum Gasteiger partial charge on any atom is 0.425 e. The van der Waals surface area contributed by atoms with E-state index >= 15 is 0 Å². The van der Waals surface area contributed by atoms with E-state index in [-0.39, 0.29) is 63.2 Å². The van der Waals surface area contributed by atoms with Gasteiger partial charge < -0.3 is 19.6 Å². The Morgan fingerprint density at radius 1 is 1.08 bits per heavy atom. The van der Waals surface area contributed by atoms with Gasteiger partial charge in [0.25, 0.3) is 11.8 Å².